The number of benzene rings is 1. The number of amidine groups is 1. The average molecular weight is 289 g/mol. The van der Waals surface area contributed by atoms with Crippen molar-refractivity contribution in [2.24, 2.45) is 10.7 Å². The highest BCUT2D eigenvalue weighted by Crippen LogP contribution is 2.36. The van der Waals surface area contributed by atoms with Crippen molar-refractivity contribution in [2.75, 3.05) is 26.2 Å². The summed E-state index contributed by atoms with van der Waals surface area (Å²) in [7, 11) is 0. The van der Waals surface area contributed by atoms with Gasteiger partial charge >= 0.3 is 0 Å². The number of nitrogens with two attached hydrogens (primary N) is 1. The first kappa shape index (κ1) is 13.4. The zero-order chi connectivity index (χ0) is 13.9. The minimum atomic E-state index is 0.257. The molecule has 0 atom stereocenters. The molecular formula is C15H19N3OS. The topological polar surface area (TPSA) is 61.8 Å². The average Bonchev–Trinajstić information content (AvgIpc) is 3.08. The van der Waals surface area contributed by atoms with Crippen LogP contribution in [0.2, 0.25) is 0 Å². The number of aliphatic imine (C=N–C) groups is 1. The maximum atomic E-state index is 10.2. The van der Waals surface area contributed by atoms with Crippen molar-refractivity contribution < 1.29 is 5.11 Å². The molecule has 5 heteroatoms. The molecule has 1 aromatic carbocycles. The predicted octanol–water partition coefficient (Wildman–Crippen LogP) is 2.41. The number of fused-ring (bicyclic) bond motifs is 1. The van der Waals surface area contributed by atoms with Crippen LogP contribution in [0.4, 0.5) is 0 Å². The van der Waals surface area contributed by atoms with Crippen LogP contribution in [0.15, 0.2) is 29.3 Å². The third-order valence-corrected chi connectivity index (χ3v) is 4.88. The lowest BCUT2D eigenvalue weighted by Crippen LogP contribution is -2.23. The zero-order valence-electron chi connectivity index (χ0n) is 11.4. The van der Waals surface area contributed by atoms with Gasteiger partial charge in [-0.2, -0.15) is 0 Å². The summed E-state index contributed by atoms with van der Waals surface area (Å²) in [4.78, 5) is 7.51. The Bertz CT molecular complexity index is 629. The lowest BCUT2D eigenvalue weighted by Gasteiger charge is -2.12. The fraction of sp³-hybridized carbons (Fsp3) is 0.400. The van der Waals surface area contributed by atoms with Crippen LogP contribution in [-0.2, 0) is 0 Å². The Labute approximate surface area is 122 Å². The molecular weight excluding hydrogens is 270 g/mol. The van der Waals surface area contributed by atoms with Gasteiger partial charge in [-0.05, 0) is 38.1 Å². The Morgan fingerprint density at radius 3 is 2.80 bits per heavy atom. The summed E-state index contributed by atoms with van der Waals surface area (Å²) in [6.07, 6.45) is 2.58. The predicted molar refractivity (Wildman–Crippen MR) is 84.8 cm³/mol. The van der Waals surface area contributed by atoms with Gasteiger partial charge in [0.05, 0.1) is 6.54 Å². The van der Waals surface area contributed by atoms with Crippen LogP contribution in [0.3, 0.4) is 0 Å². The van der Waals surface area contributed by atoms with E-state index in [1.807, 2.05) is 24.3 Å². The molecule has 4 nitrogen and oxygen atoms in total. The Hall–Kier alpha value is -1.59. The lowest BCUT2D eigenvalue weighted by molar-refractivity contribution is 0.349. The van der Waals surface area contributed by atoms with Crippen LogP contribution in [0.1, 0.15) is 17.7 Å². The summed E-state index contributed by atoms with van der Waals surface area (Å²) in [6, 6.07) is 7.77. The van der Waals surface area contributed by atoms with Crippen molar-refractivity contribution in [1.29, 1.82) is 0 Å². The molecule has 1 saturated heterocycles. The van der Waals surface area contributed by atoms with Crippen molar-refractivity contribution in [3.8, 4) is 5.75 Å². The number of thiophene rings is 1. The zero-order valence-corrected chi connectivity index (χ0v) is 12.2. The van der Waals surface area contributed by atoms with Crippen molar-refractivity contribution >= 4 is 27.3 Å². The molecule has 1 aromatic heterocycles. The van der Waals surface area contributed by atoms with E-state index in [0.29, 0.717) is 17.3 Å². The third-order valence-electron chi connectivity index (χ3n) is 3.70. The van der Waals surface area contributed by atoms with Gasteiger partial charge in [0.15, 0.2) is 0 Å². The SMILES string of the molecule is NC(=NCCN1CCCC1)c1sc2ccccc2c1O. The maximum Gasteiger partial charge on any atom is 0.145 e. The molecule has 20 heavy (non-hydrogen) atoms. The van der Waals surface area contributed by atoms with Gasteiger partial charge in [-0.15, -0.1) is 11.3 Å². The van der Waals surface area contributed by atoms with Crippen molar-refractivity contribution in [1.82, 2.24) is 4.90 Å². The maximum absolute atomic E-state index is 10.2. The van der Waals surface area contributed by atoms with E-state index in [-0.39, 0.29) is 5.75 Å². The smallest absolute Gasteiger partial charge is 0.145 e. The Balaban J connectivity index is 1.74. The summed E-state index contributed by atoms with van der Waals surface area (Å²) < 4.78 is 1.04. The quantitative estimate of drug-likeness (QED) is 0.671. The second-order valence-electron chi connectivity index (χ2n) is 5.09. The molecule has 0 spiro atoms. The van der Waals surface area contributed by atoms with Crippen LogP contribution >= 0.6 is 11.3 Å². The molecule has 0 bridgehead atoms. The van der Waals surface area contributed by atoms with Crippen LogP contribution in [0.5, 0.6) is 5.75 Å². The second kappa shape index (κ2) is 5.81. The molecule has 0 aliphatic carbocycles. The van der Waals surface area contributed by atoms with Gasteiger partial charge in [0.1, 0.15) is 16.5 Å². The number of aromatic hydroxyl groups is 1. The van der Waals surface area contributed by atoms with E-state index in [2.05, 4.69) is 9.89 Å². The Kier molecular flexibility index (Phi) is 3.89. The van der Waals surface area contributed by atoms with Gasteiger partial charge in [0.2, 0.25) is 0 Å². The first-order valence-corrected chi connectivity index (χ1v) is 7.80. The van der Waals surface area contributed by atoms with Gasteiger partial charge in [0, 0.05) is 16.6 Å². The highest BCUT2D eigenvalue weighted by atomic mass is 32.1. The number of hydrogen-bond acceptors (Lipinski definition) is 4. The van der Waals surface area contributed by atoms with Crippen molar-refractivity contribution in [3.05, 3.63) is 29.1 Å². The van der Waals surface area contributed by atoms with Gasteiger partial charge < -0.3 is 15.7 Å². The fourth-order valence-electron chi connectivity index (χ4n) is 2.60. The van der Waals surface area contributed by atoms with Crippen LogP contribution in [0.25, 0.3) is 10.1 Å². The van der Waals surface area contributed by atoms with E-state index < -0.39 is 0 Å². The van der Waals surface area contributed by atoms with Crippen LogP contribution < -0.4 is 5.73 Å². The standard InChI is InChI=1S/C15H19N3OS/c16-15(17-7-10-18-8-3-4-9-18)14-13(19)11-5-1-2-6-12(11)20-14/h1-2,5-6,19H,3-4,7-10H2,(H2,16,17). The van der Waals surface area contributed by atoms with E-state index in [1.54, 1.807) is 0 Å². The van der Waals surface area contributed by atoms with E-state index in [1.165, 1.54) is 37.3 Å². The van der Waals surface area contributed by atoms with E-state index >= 15 is 0 Å². The highest BCUT2D eigenvalue weighted by molar-refractivity contribution is 7.21. The molecule has 2 aromatic rings. The lowest BCUT2D eigenvalue weighted by atomic mass is 10.2. The number of rotatable bonds is 4. The molecule has 0 unspecified atom stereocenters. The normalized spacial score (nSPS) is 17.1. The molecule has 1 aliphatic rings. The molecule has 106 valence electrons. The van der Waals surface area contributed by atoms with E-state index in [9.17, 15) is 5.11 Å². The van der Waals surface area contributed by atoms with Crippen LogP contribution in [-0.4, -0.2) is 42.0 Å². The second-order valence-corrected chi connectivity index (χ2v) is 6.14. The summed E-state index contributed by atoms with van der Waals surface area (Å²) in [5.74, 6) is 0.705. The highest BCUT2D eigenvalue weighted by Gasteiger charge is 2.14. The molecule has 2 heterocycles. The molecule has 1 aliphatic heterocycles. The van der Waals surface area contributed by atoms with Gasteiger partial charge in [0.25, 0.3) is 0 Å². The van der Waals surface area contributed by atoms with Crippen molar-refractivity contribution in [3.63, 3.8) is 0 Å². The molecule has 0 radical (unpaired) electrons. The molecule has 1 fully saturated rings. The third kappa shape index (κ3) is 2.64. The molecule has 0 saturated carbocycles. The Morgan fingerprint density at radius 2 is 2.05 bits per heavy atom. The number of hydrogen-bond donors (Lipinski definition) is 2. The summed E-state index contributed by atoms with van der Waals surface area (Å²) in [6.45, 7) is 3.99. The minimum Gasteiger partial charge on any atom is -0.506 e. The molecule has 0 amide bonds. The number of nitrogens with zero attached hydrogens (tertiary/aromatic N) is 2. The summed E-state index contributed by atoms with van der Waals surface area (Å²) in [5, 5.41) is 11.1. The minimum absolute atomic E-state index is 0.257. The fourth-order valence-corrected chi connectivity index (χ4v) is 3.61. The van der Waals surface area contributed by atoms with Gasteiger partial charge in [-0.25, -0.2) is 0 Å². The van der Waals surface area contributed by atoms with Crippen molar-refractivity contribution in [2.45, 2.75) is 12.8 Å². The first-order valence-electron chi connectivity index (χ1n) is 6.99. The van der Waals surface area contributed by atoms with Gasteiger partial charge in [-0.3, -0.25) is 4.99 Å². The summed E-state index contributed by atoms with van der Waals surface area (Å²) >= 11 is 1.50. The molecule has 3 rings (SSSR count). The number of likely N-dealkylation sites (tertiary alicyclic amines) is 1. The van der Waals surface area contributed by atoms with Crippen LogP contribution in [0, 0.1) is 0 Å². The van der Waals surface area contributed by atoms with E-state index in [4.69, 9.17) is 5.73 Å². The monoisotopic (exact) mass is 289 g/mol. The summed E-state index contributed by atoms with van der Waals surface area (Å²) in [5.41, 5.74) is 6.03. The Morgan fingerprint density at radius 1 is 1.30 bits per heavy atom. The van der Waals surface area contributed by atoms with E-state index in [0.717, 1.165) is 16.6 Å². The largest absolute Gasteiger partial charge is 0.506 e. The first-order chi connectivity index (χ1) is 9.75. The molecule has 3 N–H and O–H groups in total. The van der Waals surface area contributed by atoms with Gasteiger partial charge in [-0.1, -0.05) is 12.1 Å².